The van der Waals surface area contributed by atoms with Crippen LogP contribution in [0.15, 0.2) is 0 Å². The summed E-state index contributed by atoms with van der Waals surface area (Å²) in [4.78, 5) is 23.5. The molecule has 0 aromatic rings. The van der Waals surface area contributed by atoms with Crippen LogP contribution in [-0.4, -0.2) is 36.3 Å². The van der Waals surface area contributed by atoms with Crippen molar-refractivity contribution < 1.29 is 9.59 Å². The van der Waals surface area contributed by atoms with Crippen molar-refractivity contribution in [1.29, 1.82) is 0 Å². The lowest BCUT2D eigenvalue weighted by Gasteiger charge is -2.15. The molecular formula is C8H10N2O2. The lowest BCUT2D eigenvalue weighted by Crippen LogP contribution is -2.35. The topological polar surface area (TPSA) is 49.4 Å². The highest BCUT2D eigenvalue weighted by Crippen LogP contribution is 1.96. The van der Waals surface area contributed by atoms with E-state index in [0.29, 0.717) is 13.0 Å². The van der Waals surface area contributed by atoms with Gasteiger partial charge in [-0.1, -0.05) is 5.92 Å². The Labute approximate surface area is 70.9 Å². The first-order chi connectivity index (χ1) is 5.74. The summed E-state index contributed by atoms with van der Waals surface area (Å²) in [6, 6.07) is 0. The van der Waals surface area contributed by atoms with Crippen LogP contribution in [0.5, 0.6) is 0 Å². The van der Waals surface area contributed by atoms with E-state index in [4.69, 9.17) is 6.42 Å². The van der Waals surface area contributed by atoms with Gasteiger partial charge in [0.25, 0.3) is 0 Å². The summed E-state index contributed by atoms with van der Waals surface area (Å²) in [6.45, 7) is 0.781. The molecule has 0 saturated carbocycles. The fourth-order valence-electron chi connectivity index (χ4n) is 1.01. The number of amides is 2. The lowest BCUT2D eigenvalue weighted by molar-refractivity contribution is -0.129. The number of carbonyl (C=O) groups is 2. The fourth-order valence-corrected chi connectivity index (χ4v) is 1.01. The molecule has 4 nitrogen and oxygen atoms in total. The number of nitrogens with zero attached hydrogens (tertiary/aromatic N) is 1. The van der Waals surface area contributed by atoms with E-state index >= 15 is 0 Å². The Balaban J connectivity index is 2.57. The van der Waals surface area contributed by atoms with E-state index in [1.54, 1.807) is 0 Å². The maximum Gasteiger partial charge on any atom is 0.242 e. The third-order valence-corrected chi connectivity index (χ3v) is 1.68. The van der Waals surface area contributed by atoms with Crippen molar-refractivity contribution >= 4 is 11.8 Å². The molecule has 0 unspecified atom stereocenters. The first-order valence-electron chi connectivity index (χ1n) is 3.72. The van der Waals surface area contributed by atoms with Gasteiger partial charge in [-0.25, -0.2) is 0 Å². The Morgan fingerprint density at radius 3 is 3.00 bits per heavy atom. The van der Waals surface area contributed by atoms with E-state index in [9.17, 15) is 9.59 Å². The van der Waals surface area contributed by atoms with E-state index in [-0.39, 0.29) is 24.9 Å². The predicted octanol–water partition coefficient (Wildman–Crippen LogP) is -1.03. The molecule has 4 heteroatoms. The fraction of sp³-hybridized carbons (Fsp3) is 0.500. The molecule has 2 amide bonds. The minimum absolute atomic E-state index is 0.0700. The van der Waals surface area contributed by atoms with Gasteiger partial charge in [-0.15, -0.1) is 6.42 Å². The van der Waals surface area contributed by atoms with Crippen LogP contribution < -0.4 is 5.32 Å². The predicted molar refractivity (Wildman–Crippen MR) is 43.0 cm³/mol. The molecule has 0 atom stereocenters. The highest BCUT2D eigenvalue weighted by Gasteiger charge is 2.18. The van der Waals surface area contributed by atoms with Crippen LogP contribution in [0.4, 0.5) is 0 Å². The molecule has 1 saturated heterocycles. The number of carbonyl (C=O) groups excluding carboxylic acids is 2. The van der Waals surface area contributed by atoms with Crippen LogP contribution in [0.3, 0.4) is 0 Å². The molecular weight excluding hydrogens is 156 g/mol. The number of nitrogens with one attached hydrogen (secondary N) is 1. The Hall–Kier alpha value is -1.50. The van der Waals surface area contributed by atoms with Gasteiger partial charge in [-0.2, -0.15) is 0 Å². The Morgan fingerprint density at radius 2 is 2.33 bits per heavy atom. The Bertz CT molecular complexity index is 242. The maximum absolute atomic E-state index is 11.2. The monoisotopic (exact) mass is 166 g/mol. The van der Waals surface area contributed by atoms with Crippen molar-refractivity contribution in [3.05, 3.63) is 0 Å². The molecule has 0 bridgehead atoms. The van der Waals surface area contributed by atoms with Crippen LogP contribution in [0, 0.1) is 12.3 Å². The van der Waals surface area contributed by atoms with Crippen molar-refractivity contribution in [3.63, 3.8) is 0 Å². The standard InChI is InChI=1S/C8H10N2O2/c1-2-4-10-5-3-7(11)9-6-8(10)12/h1H,3-6H2,(H,9,11). The molecule has 0 radical (unpaired) electrons. The van der Waals surface area contributed by atoms with Gasteiger partial charge in [0.1, 0.15) is 0 Å². The second-order valence-corrected chi connectivity index (χ2v) is 2.55. The summed E-state index contributed by atoms with van der Waals surface area (Å²) < 4.78 is 0. The second-order valence-electron chi connectivity index (χ2n) is 2.55. The molecule has 64 valence electrons. The highest BCUT2D eigenvalue weighted by molar-refractivity contribution is 5.87. The third-order valence-electron chi connectivity index (χ3n) is 1.68. The molecule has 1 N–H and O–H groups in total. The molecule has 1 aliphatic heterocycles. The zero-order valence-corrected chi connectivity index (χ0v) is 6.67. The highest BCUT2D eigenvalue weighted by atomic mass is 16.2. The second kappa shape index (κ2) is 3.77. The summed E-state index contributed by atoms with van der Waals surface area (Å²) >= 11 is 0. The molecule has 1 fully saturated rings. The van der Waals surface area contributed by atoms with Crippen LogP contribution in [0.1, 0.15) is 6.42 Å². The number of hydrogen-bond donors (Lipinski definition) is 1. The van der Waals surface area contributed by atoms with Crippen LogP contribution >= 0.6 is 0 Å². The van der Waals surface area contributed by atoms with Gasteiger partial charge in [0.05, 0.1) is 13.1 Å². The lowest BCUT2D eigenvalue weighted by atomic mass is 10.4. The minimum atomic E-state index is -0.112. The van der Waals surface area contributed by atoms with Gasteiger partial charge >= 0.3 is 0 Å². The zero-order valence-electron chi connectivity index (χ0n) is 6.67. The first-order valence-corrected chi connectivity index (χ1v) is 3.72. The molecule has 12 heavy (non-hydrogen) atoms. The van der Waals surface area contributed by atoms with Gasteiger partial charge < -0.3 is 10.2 Å². The number of hydrogen-bond acceptors (Lipinski definition) is 2. The summed E-state index contributed by atoms with van der Waals surface area (Å²) in [5.74, 6) is 2.17. The van der Waals surface area contributed by atoms with Crippen LogP contribution in [0.25, 0.3) is 0 Å². The molecule has 0 aromatic carbocycles. The van der Waals surface area contributed by atoms with E-state index in [1.165, 1.54) is 4.90 Å². The largest absolute Gasteiger partial charge is 0.347 e. The Kier molecular flexibility index (Phi) is 2.70. The number of terminal acetylenes is 1. The van der Waals surface area contributed by atoms with Gasteiger partial charge in [0, 0.05) is 13.0 Å². The molecule has 0 aliphatic carbocycles. The third kappa shape index (κ3) is 1.99. The van der Waals surface area contributed by atoms with Gasteiger partial charge in [-0.3, -0.25) is 9.59 Å². The van der Waals surface area contributed by atoms with Gasteiger partial charge in [0.15, 0.2) is 0 Å². The zero-order chi connectivity index (χ0) is 8.97. The summed E-state index contributed by atoms with van der Waals surface area (Å²) in [7, 11) is 0. The van der Waals surface area contributed by atoms with Gasteiger partial charge in [-0.05, 0) is 0 Å². The molecule has 1 rings (SSSR count). The van der Waals surface area contributed by atoms with Crippen molar-refractivity contribution in [1.82, 2.24) is 10.2 Å². The van der Waals surface area contributed by atoms with E-state index in [0.717, 1.165) is 0 Å². The van der Waals surface area contributed by atoms with Crippen molar-refractivity contribution in [2.24, 2.45) is 0 Å². The number of rotatable bonds is 1. The quantitative estimate of drug-likeness (QED) is 0.506. The molecule has 0 spiro atoms. The van der Waals surface area contributed by atoms with E-state index in [1.807, 2.05) is 0 Å². The normalized spacial score (nSPS) is 18.1. The van der Waals surface area contributed by atoms with Crippen molar-refractivity contribution in [3.8, 4) is 12.3 Å². The van der Waals surface area contributed by atoms with Crippen molar-refractivity contribution in [2.75, 3.05) is 19.6 Å². The smallest absolute Gasteiger partial charge is 0.242 e. The average Bonchev–Trinajstić information content (AvgIpc) is 2.20. The Morgan fingerprint density at radius 1 is 1.58 bits per heavy atom. The van der Waals surface area contributed by atoms with Crippen LogP contribution in [-0.2, 0) is 9.59 Å². The van der Waals surface area contributed by atoms with Gasteiger partial charge in [0.2, 0.25) is 11.8 Å². The maximum atomic E-state index is 11.2. The molecule has 0 aromatic heterocycles. The van der Waals surface area contributed by atoms with Crippen molar-refractivity contribution in [2.45, 2.75) is 6.42 Å². The minimum Gasteiger partial charge on any atom is -0.347 e. The SMILES string of the molecule is C#CCN1CCC(=O)NCC1=O. The summed E-state index contributed by atoms with van der Waals surface area (Å²) in [6.07, 6.45) is 5.40. The van der Waals surface area contributed by atoms with Crippen LogP contribution in [0.2, 0.25) is 0 Å². The van der Waals surface area contributed by atoms with E-state index < -0.39 is 0 Å². The summed E-state index contributed by atoms with van der Waals surface area (Å²) in [5.41, 5.74) is 0. The summed E-state index contributed by atoms with van der Waals surface area (Å²) in [5, 5.41) is 2.48. The average molecular weight is 166 g/mol. The molecule has 1 heterocycles. The van der Waals surface area contributed by atoms with E-state index in [2.05, 4.69) is 11.2 Å². The first kappa shape index (κ1) is 8.60. The molecule has 1 aliphatic rings.